The lowest BCUT2D eigenvalue weighted by molar-refractivity contribution is 0.0920. The molecule has 3 rings (SSSR count). The van der Waals surface area contributed by atoms with Gasteiger partial charge in [0.1, 0.15) is 17.9 Å². The van der Waals surface area contributed by atoms with Gasteiger partial charge in [-0.3, -0.25) is 9.59 Å². The summed E-state index contributed by atoms with van der Waals surface area (Å²) in [5.74, 6) is 0.316. The van der Waals surface area contributed by atoms with Crippen LogP contribution < -0.4 is 15.5 Å². The maximum atomic E-state index is 12.2. The highest BCUT2D eigenvalue weighted by Gasteiger charge is 2.11. The molecule has 0 bridgehead atoms. The monoisotopic (exact) mass is 337 g/mol. The van der Waals surface area contributed by atoms with Gasteiger partial charge in [-0.15, -0.1) is 0 Å². The number of carbonyl (C=O) groups is 1. The summed E-state index contributed by atoms with van der Waals surface area (Å²) in [6.45, 7) is 4.69. The summed E-state index contributed by atoms with van der Waals surface area (Å²) in [6.07, 6.45) is 0. The van der Waals surface area contributed by atoms with Crippen LogP contribution >= 0.6 is 0 Å². The molecule has 2 aromatic carbocycles. The van der Waals surface area contributed by atoms with Crippen LogP contribution in [0.3, 0.4) is 0 Å². The van der Waals surface area contributed by atoms with Crippen molar-refractivity contribution in [3.8, 4) is 5.75 Å². The second-order valence-corrected chi connectivity index (χ2v) is 5.82. The predicted molar refractivity (Wildman–Crippen MR) is 96.2 cm³/mol. The van der Waals surface area contributed by atoms with E-state index >= 15 is 0 Å². The van der Waals surface area contributed by atoms with Gasteiger partial charge in [0.05, 0.1) is 11.9 Å². The van der Waals surface area contributed by atoms with Gasteiger partial charge in [-0.25, -0.2) is 0 Å². The lowest BCUT2D eigenvalue weighted by Gasteiger charge is -2.09. The molecule has 1 heterocycles. The molecule has 0 fully saturated rings. The number of hydrogen-bond donors (Lipinski definition) is 1. The van der Waals surface area contributed by atoms with Gasteiger partial charge < -0.3 is 14.5 Å². The lowest BCUT2D eigenvalue weighted by atomic mass is 10.1. The minimum absolute atomic E-state index is 0.00474. The number of para-hydroxylation sites is 1. The summed E-state index contributed by atoms with van der Waals surface area (Å²) >= 11 is 0. The summed E-state index contributed by atoms with van der Waals surface area (Å²) < 4.78 is 11.1. The highest BCUT2D eigenvalue weighted by molar-refractivity contribution is 5.93. The number of rotatable bonds is 5. The first-order valence-corrected chi connectivity index (χ1v) is 8.06. The Bertz CT molecular complexity index is 975. The first-order valence-electron chi connectivity index (χ1n) is 8.06. The van der Waals surface area contributed by atoms with Crippen LogP contribution in [-0.4, -0.2) is 19.1 Å². The fraction of sp³-hybridized carbons (Fsp3) is 0.200. The highest BCUT2D eigenvalue weighted by Crippen LogP contribution is 2.16. The molecule has 1 aromatic heterocycles. The number of ether oxygens (including phenoxy) is 1. The van der Waals surface area contributed by atoms with Crippen LogP contribution in [0.25, 0.3) is 11.0 Å². The molecule has 0 spiro atoms. The molecule has 0 saturated carbocycles. The number of fused-ring (bicyclic) bond motifs is 1. The Hall–Kier alpha value is -3.08. The average molecular weight is 337 g/mol. The maximum Gasteiger partial charge on any atom is 0.287 e. The van der Waals surface area contributed by atoms with E-state index in [2.05, 4.69) is 5.32 Å². The van der Waals surface area contributed by atoms with Gasteiger partial charge in [-0.1, -0.05) is 18.2 Å². The molecule has 0 aliphatic carbocycles. The fourth-order valence-corrected chi connectivity index (χ4v) is 2.44. The Morgan fingerprint density at radius 1 is 1.08 bits per heavy atom. The quantitative estimate of drug-likeness (QED) is 0.726. The van der Waals surface area contributed by atoms with Crippen molar-refractivity contribution in [3.63, 3.8) is 0 Å². The molecule has 0 unspecified atom stereocenters. The van der Waals surface area contributed by atoms with Crippen LogP contribution in [0.4, 0.5) is 0 Å². The summed E-state index contributed by atoms with van der Waals surface area (Å²) in [5.41, 5.74) is 2.51. The van der Waals surface area contributed by atoms with Crippen LogP contribution in [0.1, 0.15) is 21.7 Å². The molecule has 5 heteroatoms. The largest absolute Gasteiger partial charge is 0.492 e. The van der Waals surface area contributed by atoms with Gasteiger partial charge in [-0.2, -0.15) is 0 Å². The number of hydrogen-bond acceptors (Lipinski definition) is 4. The van der Waals surface area contributed by atoms with Crippen molar-refractivity contribution < 1.29 is 13.9 Å². The second kappa shape index (κ2) is 7.21. The van der Waals surface area contributed by atoms with Crippen molar-refractivity contribution >= 4 is 16.9 Å². The molecular weight excluding hydrogens is 318 g/mol. The molecule has 3 aromatic rings. The van der Waals surface area contributed by atoms with Crippen molar-refractivity contribution in [3.05, 3.63) is 75.6 Å². The number of amides is 1. The van der Waals surface area contributed by atoms with Gasteiger partial charge in [0.25, 0.3) is 5.91 Å². The van der Waals surface area contributed by atoms with E-state index in [1.807, 2.05) is 32.0 Å². The zero-order valence-corrected chi connectivity index (χ0v) is 14.2. The second-order valence-electron chi connectivity index (χ2n) is 5.82. The van der Waals surface area contributed by atoms with Crippen molar-refractivity contribution in [2.75, 3.05) is 13.2 Å². The lowest BCUT2D eigenvalue weighted by Crippen LogP contribution is -2.28. The van der Waals surface area contributed by atoms with Crippen LogP contribution in [-0.2, 0) is 0 Å². The Labute approximate surface area is 145 Å². The Balaban J connectivity index is 1.59. The molecular formula is C20H19NO4. The predicted octanol–water partition coefficient (Wildman–Crippen LogP) is 3.22. The van der Waals surface area contributed by atoms with Gasteiger partial charge in [0, 0.05) is 6.07 Å². The first-order chi connectivity index (χ1) is 12.0. The van der Waals surface area contributed by atoms with Gasteiger partial charge in [0.15, 0.2) is 11.2 Å². The maximum absolute atomic E-state index is 12.2. The number of aryl methyl sites for hydroxylation is 2. The smallest absolute Gasteiger partial charge is 0.287 e. The average Bonchev–Trinajstić information content (AvgIpc) is 2.61. The fourth-order valence-electron chi connectivity index (χ4n) is 2.44. The van der Waals surface area contributed by atoms with Gasteiger partial charge in [-0.05, 0) is 49.2 Å². The van der Waals surface area contributed by atoms with E-state index in [9.17, 15) is 9.59 Å². The third kappa shape index (κ3) is 3.88. The van der Waals surface area contributed by atoms with E-state index in [1.54, 1.807) is 24.3 Å². The number of benzene rings is 2. The molecule has 0 aliphatic rings. The standard InChI is InChI=1S/C20H19NO4/c1-13-7-8-15(11-14(13)2)24-10-9-21-20(23)19-12-17(22)16-5-3-4-6-18(16)25-19/h3-8,11-12H,9-10H2,1-2H3,(H,21,23). The van der Waals surface area contributed by atoms with Crippen LogP contribution in [0, 0.1) is 13.8 Å². The van der Waals surface area contributed by atoms with Crippen LogP contribution in [0.2, 0.25) is 0 Å². The first kappa shape index (κ1) is 16.8. The Morgan fingerprint density at radius 2 is 1.88 bits per heavy atom. The van der Waals surface area contributed by atoms with Crippen molar-refractivity contribution in [1.82, 2.24) is 5.32 Å². The minimum Gasteiger partial charge on any atom is -0.492 e. The molecule has 1 N–H and O–H groups in total. The summed E-state index contributed by atoms with van der Waals surface area (Å²) in [5, 5.41) is 3.15. The normalized spacial score (nSPS) is 10.6. The molecule has 128 valence electrons. The zero-order chi connectivity index (χ0) is 17.8. The Morgan fingerprint density at radius 3 is 2.68 bits per heavy atom. The third-order valence-corrected chi connectivity index (χ3v) is 3.99. The van der Waals surface area contributed by atoms with E-state index in [4.69, 9.17) is 9.15 Å². The summed E-state index contributed by atoms with van der Waals surface area (Å²) in [6, 6.07) is 13.9. The van der Waals surface area contributed by atoms with Crippen molar-refractivity contribution in [2.45, 2.75) is 13.8 Å². The molecule has 0 radical (unpaired) electrons. The highest BCUT2D eigenvalue weighted by atomic mass is 16.5. The SMILES string of the molecule is Cc1ccc(OCCNC(=O)c2cc(=O)c3ccccc3o2)cc1C. The number of nitrogens with one attached hydrogen (secondary N) is 1. The topological polar surface area (TPSA) is 68.5 Å². The van der Waals surface area contributed by atoms with Crippen LogP contribution in [0.5, 0.6) is 5.75 Å². The van der Waals surface area contributed by atoms with E-state index in [1.165, 1.54) is 11.6 Å². The van der Waals surface area contributed by atoms with E-state index in [-0.39, 0.29) is 11.2 Å². The molecule has 25 heavy (non-hydrogen) atoms. The summed E-state index contributed by atoms with van der Waals surface area (Å²) in [7, 11) is 0. The zero-order valence-electron chi connectivity index (χ0n) is 14.2. The van der Waals surface area contributed by atoms with E-state index in [0.29, 0.717) is 24.1 Å². The summed E-state index contributed by atoms with van der Waals surface area (Å²) in [4.78, 5) is 24.2. The van der Waals surface area contributed by atoms with E-state index in [0.717, 1.165) is 11.3 Å². The van der Waals surface area contributed by atoms with Crippen LogP contribution in [0.15, 0.2) is 57.7 Å². The molecule has 0 aliphatic heterocycles. The van der Waals surface area contributed by atoms with E-state index < -0.39 is 5.91 Å². The van der Waals surface area contributed by atoms with Crippen molar-refractivity contribution in [1.29, 1.82) is 0 Å². The molecule has 0 atom stereocenters. The molecule has 1 amide bonds. The van der Waals surface area contributed by atoms with Crippen molar-refractivity contribution in [2.24, 2.45) is 0 Å². The van der Waals surface area contributed by atoms with Gasteiger partial charge >= 0.3 is 0 Å². The number of carbonyl (C=O) groups excluding carboxylic acids is 1. The van der Waals surface area contributed by atoms with Gasteiger partial charge in [0.2, 0.25) is 0 Å². The minimum atomic E-state index is -0.438. The third-order valence-electron chi connectivity index (χ3n) is 3.99. The molecule has 0 saturated heterocycles. The Kier molecular flexibility index (Phi) is 4.84. The molecule has 5 nitrogen and oxygen atoms in total.